The molecule has 1 saturated carbocycles. The van der Waals surface area contributed by atoms with Crippen LogP contribution in [0.3, 0.4) is 0 Å². The molecule has 1 atom stereocenters. The summed E-state index contributed by atoms with van der Waals surface area (Å²) in [4.78, 5) is 18.7. The Bertz CT molecular complexity index is 766. The Morgan fingerprint density at radius 3 is 2.74 bits per heavy atom. The number of ether oxygens (including phenoxy) is 1. The number of nitrogens with zero attached hydrogens (tertiary/aromatic N) is 4. The maximum Gasteiger partial charge on any atom is 0.237 e. The van der Waals surface area contributed by atoms with Crippen LogP contribution in [0.25, 0.3) is 11.1 Å². The third-order valence-electron chi connectivity index (χ3n) is 5.43. The second-order valence-corrected chi connectivity index (χ2v) is 7.29. The molecule has 1 aliphatic heterocycles. The summed E-state index contributed by atoms with van der Waals surface area (Å²) in [6.45, 7) is 6.28. The van der Waals surface area contributed by atoms with Crippen molar-refractivity contribution in [3.63, 3.8) is 0 Å². The summed E-state index contributed by atoms with van der Waals surface area (Å²) < 4.78 is 7.42. The van der Waals surface area contributed by atoms with Gasteiger partial charge >= 0.3 is 0 Å². The number of aromatic nitrogens is 3. The van der Waals surface area contributed by atoms with E-state index in [-0.39, 0.29) is 11.9 Å². The minimum absolute atomic E-state index is 0.0754. The fraction of sp³-hybridized carbons (Fsp3) is 0.550. The van der Waals surface area contributed by atoms with Gasteiger partial charge < -0.3 is 10.1 Å². The van der Waals surface area contributed by atoms with Gasteiger partial charge in [0.25, 0.3) is 0 Å². The van der Waals surface area contributed by atoms with Gasteiger partial charge in [0.1, 0.15) is 0 Å². The zero-order valence-electron chi connectivity index (χ0n) is 15.8. The van der Waals surface area contributed by atoms with Crippen LogP contribution in [0, 0.1) is 0 Å². The largest absolute Gasteiger partial charge is 0.379 e. The topological polar surface area (TPSA) is 72.3 Å². The van der Waals surface area contributed by atoms with Crippen molar-refractivity contribution >= 4 is 5.91 Å². The number of nitrogens with one attached hydrogen (secondary N) is 1. The Balaban J connectivity index is 1.37. The number of morpholine rings is 1. The molecule has 2 aromatic heterocycles. The van der Waals surface area contributed by atoms with E-state index in [1.807, 2.05) is 37.6 Å². The monoisotopic (exact) mass is 369 g/mol. The highest BCUT2D eigenvalue weighted by Crippen LogP contribution is 2.44. The summed E-state index contributed by atoms with van der Waals surface area (Å²) in [6, 6.07) is 3.93. The average Bonchev–Trinajstić information content (AvgIpc) is 3.48. The number of carbonyl (C=O) groups is 1. The van der Waals surface area contributed by atoms with Crippen LogP contribution < -0.4 is 5.32 Å². The number of rotatable bonds is 7. The molecule has 1 amide bonds. The summed E-state index contributed by atoms with van der Waals surface area (Å²) in [6.07, 6.45) is 8.00. The van der Waals surface area contributed by atoms with Gasteiger partial charge in [0.15, 0.2) is 0 Å². The highest BCUT2D eigenvalue weighted by molar-refractivity contribution is 5.81. The molecule has 0 unspecified atom stereocenters. The Kier molecular flexibility index (Phi) is 5.50. The molecule has 3 heterocycles. The Morgan fingerprint density at radius 1 is 1.30 bits per heavy atom. The third kappa shape index (κ3) is 4.20. The van der Waals surface area contributed by atoms with E-state index in [1.165, 1.54) is 24.1 Å². The molecule has 1 aliphatic carbocycles. The van der Waals surface area contributed by atoms with Crippen molar-refractivity contribution in [2.24, 2.45) is 0 Å². The number of hydrogen-bond donors (Lipinski definition) is 1. The van der Waals surface area contributed by atoms with Crippen molar-refractivity contribution in [2.75, 3.05) is 32.8 Å². The molecule has 2 aromatic rings. The van der Waals surface area contributed by atoms with Crippen molar-refractivity contribution < 1.29 is 9.53 Å². The van der Waals surface area contributed by atoms with Crippen LogP contribution in [0.1, 0.15) is 31.4 Å². The number of amides is 1. The van der Waals surface area contributed by atoms with E-state index < -0.39 is 0 Å². The molecule has 1 saturated heterocycles. The van der Waals surface area contributed by atoms with E-state index in [1.54, 1.807) is 0 Å². The lowest BCUT2D eigenvalue weighted by molar-refractivity contribution is -0.127. The van der Waals surface area contributed by atoms with Crippen LogP contribution in [0.5, 0.6) is 0 Å². The van der Waals surface area contributed by atoms with Gasteiger partial charge in [0, 0.05) is 49.2 Å². The van der Waals surface area contributed by atoms with Crippen molar-refractivity contribution in [2.45, 2.75) is 38.3 Å². The van der Waals surface area contributed by atoms with E-state index in [9.17, 15) is 4.79 Å². The summed E-state index contributed by atoms with van der Waals surface area (Å²) in [5.74, 6) is 0.657. The number of hydrogen-bond acceptors (Lipinski definition) is 5. The van der Waals surface area contributed by atoms with Gasteiger partial charge in [-0.25, -0.2) is 0 Å². The van der Waals surface area contributed by atoms with Crippen LogP contribution in [0.15, 0.2) is 30.7 Å². The molecule has 27 heavy (non-hydrogen) atoms. The van der Waals surface area contributed by atoms with Crippen LogP contribution in [-0.4, -0.2) is 64.5 Å². The lowest BCUT2D eigenvalue weighted by atomic mass is 10.1. The van der Waals surface area contributed by atoms with Crippen LogP contribution in [0.2, 0.25) is 0 Å². The van der Waals surface area contributed by atoms with E-state index in [0.29, 0.717) is 32.2 Å². The lowest BCUT2D eigenvalue weighted by Crippen LogP contribution is -2.50. The Morgan fingerprint density at radius 2 is 2.04 bits per heavy atom. The molecule has 0 aromatic carbocycles. The fourth-order valence-corrected chi connectivity index (χ4v) is 3.68. The van der Waals surface area contributed by atoms with E-state index in [2.05, 4.69) is 25.0 Å². The predicted octanol–water partition coefficient (Wildman–Crippen LogP) is 1.66. The number of pyridine rings is 1. The Labute approximate surface area is 159 Å². The zero-order valence-corrected chi connectivity index (χ0v) is 15.8. The summed E-state index contributed by atoms with van der Waals surface area (Å²) in [7, 11) is 0. The minimum Gasteiger partial charge on any atom is -0.379 e. The quantitative estimate of drug-likeness (QED) is 0.804. The first-order chi connectivity index (χ1) is 13.2. The van der Waals surface area contributed by atoms with E-state index in [4.69, 9.17) is 4.74 Å². The second-order valence-electron chi connectivity index (χ2n) is 7.29. The van der Waals surface area contributed by atoms with Crippen molar-refractivity contribution in [3.05, 3.63) is 36.4 Å². The Hall–Kier alpha value is -2.25. The predicted molar refractivity (Wildman–Crippen MR) is 102 cm³/mol. The van der Waals surface area contributed by atoms with Crippen molar-refractivity contribution in [3.8, 4) is 11.1 Å². The minimum atomic E-state index is -0.123. The fourth-order valence-electron chi connectivity index (χ4n) is 3.68. The molecule has 0 spiro atoms. The average molecular weight is 369 g/mol. The van der Waals surface area contributed by atoms with Crippen molar-refractivity contribution in [1.82, 2.24) is 25.0 Å². The van der Waals surface area contributed by atoms with Gasteiger partial charge in [0.2, 0.25) is 5.91 Å². The van der Waals surface area contributed by atoms with Gasteiger partial charge in [-0.15, -0.1) is 0 Å². The molecular weight excluding hydrogens is 342 g/mol. The van der Waals surface area contributed by atoms with Crippen LogP contribution in [0.4, 0.5) is 0 Å². The van der Waals surface area contributed by atoms with Gasteiger partial charge in [-0.1, -0.05) is 0 Å². The third-order valence-corrected chi connectivity index (χ3v) is 5.43. The standard InChI is InChI=1S/C20H27N5O2/c1-15(24-10-12-27-13-11-24)20(26)22-8-9-25-19(17-2-3-17)18(14-23-25)16-4-6-21-7-5-16/h4-7,14-15,17H,2-3,8-13H2,1H3,(H,22,26)/t15-/m1/s1. The smallest absolute Gasteiger partial charge is 0.237 e. The van der Waals surface area contributed by atoms with Gasteiger partial charge in [-0.3, -0.25) is 19.4 Å². The SMILES string of the molecule is C[C@H](C(=O)NCCn1ncc(-c2ccncc2)c1C1CC1)N1CCOCC1. The van der Waals surface area contributed by atoms with Crippen LogP contribution >= 0.6 is 0 Å². The molecule has 2 fully saturated rings. The normalized spacial score (nSPS) is 19.0. The first-order valence-corrected chi connectivity index (χ1v) is 9.79. The summed E-state index contributed by atoms with van der Waals surface area (Å²) in [5.41, 5.74) is 3.63. The molecule has 144 valence electrons. The molecule has 0 radical (unpaired) electrons. The van der Waals surface area contributed by atoms with E-state index in [0.717, 1.165) is 18.7 Å². The molecule has 0 bridgehead atoms. The number of carbonyl (C=O) groups excluding carboxylic acids is 1. The second kappa shape index (κ2) is 8.19. The van der Waals surface area contributed by atoms with Gasteiger partial charge in [-0.2, -0.15) is 5.10 Å². The highest BCUT2D eigenvalue weighted by atomic mass is 16.5. The molecule has 4 rings (SSSR count). The molecule has 7 heteroatoms. The first kappa shape index (κ1) is 18.1. The van der Waals surface area contributed by atoms with Crippen LogP contribution in [-0.2, 0) is 16.1 Å². The summed E-state index contributed by atoms with van der Waals surface area (Å²) >= 11 is 0. The van der Waals surface area contributed by atoms with Gasteiger partial charge in [-0.05, 0) is 37.5 Å². The lowest BCUT2D eigenvalue weighted by Gasteiger charge is -2.31. The molecule has 1 N–H and O–H groups in total. The van der Waals surface area contributed by atoms with Gasteiger partial charge in [0.05, 0.1) is 32.0 Å². The van der Waals surface area contributed by atoms with E-state index >= 15 is 0 Å². The zero-order chi connectivity index (χ0) is 18.6. The maximum absolute atomic E-state index is 12.5. The molecular formula is C20H27N5O2. The van der Waals surface area contributed by atoms with Crippen molar-refractivity contribution in [1.29, 1.82) is 0 Å². The molecule has 7 nitrogen and oxygen atoms in total. The highest BCUT2D eigenvalue weighted by Gasteiger charge is 2.30. The summed E-state index contributed by atoms with van der Waals surface area (Å²) in [5, 5.41) is 7.67. The molecule has 2 aliphatic rings. The maximum atomic E-state index is 12.5. The first-order valence-electron chi connectivity index (χ1n) is 9.79.